The number of anilines is 1. The predicted molar refractivity (Wildman–Crippen MR) is 118 cm³/mol. The van der Waals surface area contributed by atoms with E-state index in [0.29, 0.717) is 18.7 Å². The summed E-state index contributed by atoms with van der Waals surface area (Å²) in [5.41, 5.74) is 0.728. The summed E-state index contributed by atoms with van der Waals surface area (Å²) >= 11 is 0. The van der Waals surface area contributed by atoms with Gasteiger partial charge in [0.2, 0.25) is 0 Å². The number of benzene rings is 2. The number of hydrogen-bond acceptors (Lipinski definition) is 9. The lowest BCUT2D eigenvalue weighted by molar-refractivity contribution is -0.385. The fraction of sp³-hybridized carbons (Fsp3) is 0.318. The number of carbonyl (C=O) groups excluding carboxylic acids is 3. The SMILES string of the molecule is COC(=O)c1cc(NCCC[C@H](NC(=O)OCc2ccccc2)C(=O)OC)ccc1[N+](=O)[O-]. The lowest BCUT2D eigenvalue weighted by Crippen LogP contribution is -2.42. The average Bonchev–Trinajstić information content (AvgIpc) is 2.83. The molecule has 176 valence electrons. The highest BCUT2D eigenvalue weighted by atomic mass is 16.6. The largest absolute Gasteiger partial charge is 0.467 e. The molecule has 2 aromatic rings. The van der Waals surface area contributed by atoms with E-state index in [1.165, 1.54) is 25.3 Å². The minimum absolute atomic E-state index is 0.0603. The van der Waals surface area contributed by atoms with Gasteiger partial charge in [0.05, 0.1) is 19.1 Å². The molecule has 0 bridgehead atoms. The zero-order chi connectivity index (χ0) is 24.2. The second-order valence-corrected chi connectivity index (χ2v) is 6.83. The van der Waals surface area contributed by atoms with Crippen LogP contribution in [0.25, 0.3) is 0 Å². The van der Waals surface area contributed by atoms with Crippen LogP contribution in [0.4, 0.5) is 16.2 Å². The Hall–Kier alpha value is -4.15. The van der Waals surface area contributed by atoms with Crippen LogP contribution in [0.5, 0.6) is 0 Å². The number of rotatable bonds is 11. The molecule has 11 heteroatoms. The van der Waals surface area contributed by atoms with Crippen molar-refractivity contribution < 1.29 is 33.5 Å². The fourth-order valence-corrected chi connectivity index (χ4v) is 2.92. The first-order valence-corrected chi connectivity index (χ1v) is 10.0. The number of nitrogens with zero attached hydrogens (tertiary/aromatic N) is 1. The molecule has 2 rings (SSSR count). The van der Waals surface area contributed by atoms with Crippen molar-refractivity contribution in [2.24, 2.45) is 0 Å². The molecule has 0 unspecified atom stereocenters. The Morgan fingerprint density at radius 3 is 2.42 bits per heavy atom. The van der Waals surface area contributed by atoms with Crippen LogP contribution in [0.1, 0.15) is 28.8 Å². The zero-order valence-electron chi connectivity index (χ0n) is 18.2. The minimum Gasteiger partial charge on any atom is -0.467 e. The number of amides is 1. The number of nitrogens with one attached hydrogen (secondary N) is 2. The molecule has 0 aliphatic heterocycles. The highest BCUT2D eigenvalue weighted by Gasteiger charge is 2.23. The van der Waals surface area contributed by atoms with E-state index in [-0.39, 0.29) is 24.3 Å². The Morgan fingerprint density at radius 1 is 1.06 bits per heavy atom. The van der Waals surface area contributed by atoms with Crippen LogP contribution in [0, 0.1) is 10.1 Å². The van der Waals surface area contributed by atoms with Crippen LogP contribution in [-0.4, -0.2) is 49.8 Å². The third-order valence-electron chi connectivity index (χ3n) is 4.59. The third kappa shape index (κ3) is 7.80. The standard InChI is InChI=1S/C22H25N3O8/c1-31-20(26)17-13-16(10-11-19(17)25(29)30)23-12-6-9-18(21(27)32-2)24-22(28)33-14-15-7-4-3-5-8-15/h3-5,7-8,10-11,13,18,23H,6,9,12,14H2,1-2H3,(H,24,28)/t18-/m0/s1. The molecule has 0 spiro atoms. The molecule has 0 heterocycles. The lowest BCUT2D eigenvalue weighted by atomic mass is 10.1. The van der Waals surface area contributed by atoms with Crippen molar-refractivity contribution in [3.05, 3.63) is 69.8 Å². The van der Waals surface area contributed by atoms with Gasteiger partial charge in [0.25, 0.3) is 5.69 Å². The van der Waals surface area contributed by atoms with Gasteiger partial charge in [-0.1, -0.05) is 30.3 Å². The van der Waals surface area contributed by atoms with E-state index < -0.39 is 29.0 Å². The first-order chi connectivity index (χ1) is 15.8. The van der Waals surface area contributed by atoms with E-state index in [9.17, 15) is 24.5 Å². The van der Waals surface area contributed by atoms with E-state index in [2.05, 4.69) is 15.4 Å². The quantitative estimate of drug-likeness (QED) is 0.170. The summed E-state index contributed by atoms with van der Waals surface area (Å²) in [4.78, 5) is 46.3. The molecule has 1 amide bonds. The van der Waals surface area contributed by atoms with Gasteiger partial charge < -0.3 is 24.8 Å². The van der Waals surface area contributed by atoms with Crippen molar-refractivity contribution in [3.8, 4) is 0 Å². The van der Waals surface area contributed by atoms with E-state index in [1.54, 1.807) is 12.1 Å². The maximum Gasteiger partial charge on any atom is 0.408 e. The van der Waals surface area contributed by atoms with Crippen molar-refractivity contribution >= 4 is 29.4 Å². The number of nitro benzene ring substituents is 1. The molecule has 0 aromatic heterocycles. The minimum atomic E-state index is -0.914. The highest BCUT2D eigenvalue weighted by Crippen LogP contribution is 2.23. The van der Waals surface area contributed by atoms with Crippen molar-refractivity contribution in [2.45, 2.75) is 25.5 Å². The Balaban J connectivity index is 1.88. The van der Waals surface area contributed by atoms with Gasteiger partial charge in [0.15, 0.2) is 0 Å². The predicted octanol–water partition coefficient (Wildman–Crippen LogP) is 3.04. The van der Waals surface area contributed by atoms with Gasteiger partial charge in [0.1, 0.15) is 18.2 Å². The number of ether oxygens (including phenoxy) is 3. The second-order valence-electron chi connectivity index (χ2n) is 6.83. The molecule has 1 atom stereocenters. The summed E-state index contributed by atoms with van der Waals surface area (Å²) in [6.07, 6.45) is -0.0689. The third-order valence-corrected chi connectivity index (χ3v) is 4.59. The summed E-state index contributed by atoms with van der Waals surface area (Å²) in [5.74, 6) is -1.44. The van der Waals surface area contributed by atoms with E-state index in [1.807, 2.05) is 18.2 Å². The summed E-state index contributed by atoms with van der Waals surface area (Å²) in [6, 6.07) is 12.2. The Kier molecular flexibility index (Phi) is 9.62. The first-order valence-electron chi connectivity index (χ1n) is 10.0. The van der Waals surface area contributed by atoms with Crippen LogP contribution < -0.4 is 10.6 Å². The summed E-state index contributed by atoms with van der Waals surface area (Å²) in [6.45, 7) is 0.414. The molecule has 0 fully saturated rings. The molecule has 0 saturated carbocycles. The molecule has 33 heavy (non-hydrogen) atoms. The number of carbonyl (C=O) groups is 3. The first kappa shape index (κ1) is 25.1. The van der Waals surface area contributed by atoms with Crippen LogP contribution in [0.2, 0.25) is 0 Å². The van der Waals surface area contributed by atoms with E-state index >= 15 is 0 Å². The molecule has 11 nitrogen and oxygen atoms in total. The van der Waals surface area contributed by atoms with Crippen molar-refractivity contribution in [1.29, 1.82) is 0 Å². The van der Waals surface area contributed by atoms with Gasteiger partial charge >= 0.3 is 18.0 Å². The summed E-state index contributed by atoms with van der Waals surface area (Å²) in [7, 11) is 2.35. The summed E-state index contributed by atoms with van der Waals surface area (Å²) < 4.78 is 14.5. The molecule has 0 radical (unpaired) electrons. The lowest BCUT2D eigenvalue weighted by Gasteiger charge is -2.17. The topological polar surface area (TPSA) is 146 Å². The van der Waals surface area contributed by atoms with Crippen LogP contribution in [-0.2, 0) is 25.6 Å². The van der Waals surface area contributed by atoms with Gasteiger partial charge in [-0.05, 0) is 30.5 Å². The molecule has 2 N–H and O–H groups in total. The Bertz CT molecular complexity index is 981. The van der Waals surface area contributed by atoms with Crippen molar-refractivity contribution in [3.63, 3.8) is 0 Å². The van der Waals surface area contributed by atoms with E-state index in [0.717, 1.165) is 12.7 Å². The number of hydrogen-bond donors (Lipinski definition) is 2. The van der Waals surface area contributed by atoms with Crippen LogP contribution in [0.3, 0.4) is 0 Å². The molecule has 0 aliphatic carbocycles. The Labute approximate surface area is 190 Å². The number of esters is 2. The van der Waals surface area contributed by atoms with Crippen molar-refractivity contribution in [2.75, 3.05) is 26.1 Å². The fourth-order valence-electron chi connectivity index (χ4n) is 2.92. The van der Waals surface area contributed by atoms with Gasteiger partial charge in [-0.2, -0.15) is 0 Å². The van der Waals surface area contributed by atoms with Gasteiger partial charge in [-0.3, -0.25) is 10.1 Å². The normalized spacial score (nSPS) is 11.1. The number of alkyl carbamates (subject to hydrolysis) is 1. The second kappa shape index (κ2) is 12.6. The summed E-state index contributed by atoms with van der Waals surface area (Å²) in [5, 5.41) is 16.6. The van der Waals surface area contributed by atoms with Gasteiger partial charge in [0, 0.05) is 18.3 Å². The van der Waals surface area contributed by atoms with Crippen LogP contribution >= 0.6 is 0 Å². The highest BCUT2D eigenvalue weighted by molar-refractivity contribution is 5.95. The maximum absolute atomic E-state index is 12.1. The molecule has 2 aromatic carbocycles. The van der Waals surface area contributed by atoms with Crippen LogP contribution in [0.15, 0.2) is 48.5 Å². The molecule has 0 aliphatic rings. The van der Waals surface area contributed by atoms with Gasteiger partial charge in [-0.25, -0.2) is 14.4 Å². The maximum atomic E-state index is 12.1. The zero-order valence-corrected chi connectivity index (χ0v) is 18.2. The number of nitro groups is 1. The Morgan fingerprint density at radius 2 is 1.79 bits per heavy atom. The smallest absolute Gasteiger partial charge is 0.408 e. The van der Waals surface area contributed by atoms with Gasteiger partial charge in [-0.15, -0.1) is 0 Å². The number of methoxy groups -OCH3 is 2. The van der Waals surface area contributed by atoms with Crippen molar-refractivity contribution in [1.82, 2.24) is 5.32 Å². The van der Waals surface area contributed by atoms with E-state index in [4.69, 9.17) is 9.47 Å². The molecular formula is C22H25N3O8. The molecular weight excluding hydrogens is 434 g/mol. The molecule has 0 saturated heterocycles. The monoisotopic (exact) mass is 459 g/mol. The average molecular weight is 459 g/mol.